The molecule has 0 spiro atoms. The Bertz CT molecular complexity index is 895. The summed E-state index contributed by atoms with van der Waals surface area (Å²) < 4.78 is 44.5. The Labute approximate surface area is 165 Å². The van der Waals surface area contributed by atoms with Crippen LogP contribution in [0.1, 0.15) is 11.1 Å². The van der Waals surface area contributed by atoms with Gasteiger partial charge < -0.3 is 14.5 Å². The molecule has 4 nitrogen and oxygen atoms in total. The Balaban J connectivity index is 1.38. The van der Waals surface area contributed by atoms with E-state index in [1.54, 1.807) is 29.2 Å². The molecule has 1 unspecified atom stereocenters. The zero-order chi connectivity index (χ0) is 19.9. The summed E-state index contributed by atoms with van der Waals surface area (Å²) in [4.78, 5) is 16.4. The Hall–Kier alpha value is -2.41. The summed E-state index contributed by atoms with van der Waals surface area (Å²) in [5.41, 5.74) is 0.758. The van der Waals surface area contributed by atoms with Crippen molar-refractivity contribution < 1.29 is 22.7 Å². The Morgan fingerprint density at radius 3 is 2.54 bits per heavy atom. The molecule has 1 atom stereocenters. The number of fused-ring (bicyclic) bond motifs is 1. The highest BCUT2D eigenvalue weighted by atomic mass is 35.5. The number of halogens is 4. The molecule has 2 aromatic carbocycles. The van der Waals surface area contributed by atoms with E-state index in [0.29, 0.717) is 49.1 Å². The molecule has 4 rings (SSSR count). The van der Waals surface area contributed by atoms with Crippen molar-refractivity contribution in [1.82, 2.24) is 4.90 Å². The van der Waals surface area contributed by atoms with Crippen molar-refractivity contribution in [1.29, 1.82) is 0 Å². The number of carbonyl (C=O) groups excluding carboxylic acids is 1. The van der Waals surface area contributed by atoms with Crippen molar-refractivity contribution in [3.05, 3.63) is 58.6 Å². The molecule has 0 bridgehead atoms. The number of ether oxygens (including phenoxy) is 1. The molecule has 0 N–H and O–H groups in total. The van der Waals surface area contributed by atoms with E-state index >= 15 is 0 Å². The maximum absolute atomic E-state index is 12.9. The zero-order valence-electron chi connectivity index (χ0n) is 14.9. The van der Waals surface area contributed by atoms with E-state index < -0.39 is 17.8 Å². The minimum Gasteiger partial charge on any atom is -0.480 e. The van der Waals surface area contributed by atoms with Crippen LogP contribution in [0.3, 0.4) is 0 Å². The summed E-state index contributed by atoms with van der Waals surface area (Å²) in [6, 6.07) is 10.6. The minimum absolute atomic E-state index is 0.101. The summed E-state index contributed by atoms with van der Waals surface area (Å²) in [7, 11) is 0. The standard InChI is InChI=1S/C20H18ClF3N2O2/c21-15-4-5-17-13(10-15)11-18(28-17)19(27)26-8-6-25(7-9-26)16-3-1-2-14(12-16)20(22,23)24/h1-5,10,12,18H,6-9,11H2. The summed E-state index contributed by atoms with van der Waals surface area (Å²) in [5.74, 6) is 0.571. The maximum atomic E-state index is 12.9. The molecule has 148 valence electrons. The highest BCUT2D eigenvalue weighted by Crippen LogP contribution is 2.33. The summed E-state index contributed by atoms with van der Waals surface area (Å²) in [6.45, 7) is 1.81. The molecule has 2 aliphatic heterocycles. The number of anilines is 1. The van der Waals surface area contributed by atoms with Crippen LogP contribution >= 0.6 is 11.6 Å². The summed E-state index contributed by atoms with van der Waals surface area (Å²) >= 11 is 5.99. The minimum atomic E-state index is -4.37. The van der Waals surface area contributed by atoms with Crippen LogP contribution in [0.25, 0.3) is 0 Å². The van der Waals surface area contributed by atoms with Crippen LogP contribution in [0.5, 0.6) is 5.75 Å². The van der Waals surface area contributed by atoms with Crippen molar-refractivity contribution in [2.45, 2.75) is 18.7 Å². The van der Waals surface area contributed by atoms with E-state index in [-0.39, 0.29) is 5.91 Å². The van der Waals surface area contributed by atoms with Crippen LogP contribution in [-0.4, -0.2) is 43.1 Å². The lowest BCUT2D eigenvalue weighted by molar-refractivity contribution is -0.138. The quantitative estimate of drug-likeness (QED) is 0.750. The smallest absolute Gasteiger partial charge is 0.416 e. The largest absolute Gasteiger partial charge is 0.480 e. The highest BCUT2D eigenvalue weighted by molar-refractivity contribution is 6.30. The van der Waals surface area contributed by atoms with Gasteiger partial charge in [0.2, 0.25) is 0 Å². The second kappa shape index (κ2) is 7.20. The topological polar surface area (TPSA) is 32.8 Å². The number of hydrogen-bond acceptors (Lipinski definition) is 3. The van der Waals surface area contributed by atoms with Gasteiger partial charge in [-0.1, -0.05) is 17.7 Å². The zero-order valence-corrected chi connectivity index (χ0v) is 15.6. The Kier molecular flexibility index (Phi) is 4.87. The fourth-order valence-electron chi connectivity index (χ4n) is 3.62. The molecule has 2 aliphatic rings. The van der Waals surface area contributed by atoms with Gasteiger partial charge in [0.25, 0.3) is 5.91 Å². The Morgan fingerprint density at radius 1 is 1.07 bits per heavy atom. The first kappa shape index (κ1) is 18.9. The highest BCUT2D eigenvalue weighted by Gasteiger charge is 2.34. The van der Waals surface area contributed by atoms with Crippen molar-refractivity contribution in [3.8, 4) is 5.75 Å². The average molecular weight is 411 g/mol. The van der Waals surface area contributed by atoms with Crippen LogP contribution < -0.4 is 9.64 Å². The van der Waals surface area contributed by atoms with Gasteiger partial charge >= 0.3 is 6.18 Å². The third kappa shape index (κ3) is 3.76. The molecule has 1 amide bonds. The molecule has 0 saturated carbocycles. The van der Waals surface area contributed by atoms with E-state index in [2.05, 4.69) is 0 Å². The van der Waals surface area contributed by atoms with Crippen LogP contribution in [0.2, 0.25) is 5.02 Å². The number of benzene rings is 2. The molecule has 0 radical (unpaired) electrons. The van der Waals surface area contributed by atoms with Crippen LogP contribution in [0.15, 0.2) is 42.5 Å². The number of carbonyl (C=O) groups is 1. The number of alkyl halides is 3. The van der Waals surface area contributed by atoms with Gasteiger partial charge in [0, 0.05) is 43.3 Å². The average Bonchev–Trinajstić information content (AvgIpc) is 3.10. The molecular weight excluding hydrogens is 393 g/mol. The molecule has 1 saturated heterocycles. The predicted molar refractivity (Wildman–Crippen MR) is 99.8 cm³/mol. The van der Waals surface area contributed by atoms with E-state index in [9.17, 15) is 18.0 Å². The van der Waals surface area contributed by atoms with Crippen molar-refractivity contribution in [2.24, 2.45) is 0 Å². The first-order valence-corrected chi connectivity index (χ1v) is 9.35. The first-order valence-electron chi connectivity index (χ1n) is 8.97. The van der Waals surface area contributed by atoms with E-state index in [1.807, 2.05) is 4.90 Å². The van der Waals surface area contributed by atoms with E-state index in [4.69, 9.17) is 16.3 Å². The summed E-state index contributed by atoms with van der Waals surface area (Å²) in [5, 5.41) is 0.602. The third-order valence-electron chi connectivity index (χ3n) is 5.10. The number of hydrogen-bond donors (Lipinski definition) is 0. The number of piperazine rings is 1. The molecule has 28 heavy (non-hydrogen) atoms. The lowest BCUT2D eigenvalue weighted by atomic mass is 10.1. The van der Waals surface area contributed by atoms with E-state index in [0.717, 1.165) is 17.7 Å². The van der Waals surface area contributed by atoms with E-state index in [1.165, 1.54) is 6.07 Å². The van der Waals surface area contributed by atoms with Crippen LogP contribution in [0.4, 0.5) is 18.9 Å². The van der Waals surface area contributed by atoms with Crippen LogP contribution in [0, 0.1) is 0 Å². The van der Waals surface area contributed by atoms with Gasteiger partial charge in [-0.2, -0.15) is 13.2 Å². The molecule has 2 heterocycles. The fraction of sp³-hybridized carbons (Fsp3) is 0.350. The predicted octanol–water partition coefficient (Wildman–Crippen LogP) is 4.01. The fourth-order valence-corrected chi connectivity index (χ4v) is 3.82. The lowest BCUT2D eigenvalue weighted by Crippen LogP contribution is -2.52. The van der Waals surface area contributed by atoms with Gasteiger partial charge in [-0.25, -0.2) is 0 Å². The Morgan fingerprint density at radius 2 is 1.82 bits per heavy atom. The molecule has 0 aliphatic carbocycles. The van der Waals surface area contributed by atoms with Gasteiger partial charge in [0.1, 0.15) is 5.75 Å². The van der Waals surface area contributed by atoms with Gasteiger partial charge in [0.05, 0.1) is 5.56 Å². The monoisotopic (exact) mass is 410 g/mol. The SMILES string of the molecule is O=C(C1Cc2cc(Cl)ccc2O1)N1CCN(c2cccc(C(F)(F)F)c2)CC1. The van der Waals surface area contributed by atoms with Gasteiger partial charge in [0.15, 0.2) is 6.10 Å². The maximum Gasteiger partial charge on any atom is 0.416 e. The molecule has 0 aromatic heterocycles. The second-order valence-corrected chi connectivity index (χ2v) is 7.36. The number of amides is 1. The van der Waals surface area contributed by atoms with Crippen molar-refractivity contribution in [2.75, 3.05) is 31.1 Å². The lowest BCUT2D eigenvalue weighted by Gasteiger charge is -2.37. The first-order chi connectivity index (χ1) is 13.3. The molecule has 8 heteroatoms. The van der Waals surface area contributed by atoms with Gasteiger partial charge in [-0.05, 0) is 42.0 Å². The molecule has 1 fully saturated rings. The van der Waals surface area contributed by atoms with Gasteiger partial charge in [-0.3, -0.25) is 4.79 Å². The number of rotatable bonds is 2. The van der Waals surface area contributed by atoms with Crippen molar-refractivity contribution in [3.63, 3.8) is 0 Å². The summed E-state index contributed by atoms with van der Waals surface area (Å²) in [6.07, 6.45) is -4.47. The van der Waals surface area contributed by atoms with Crippen LogP contribution in [-0.2, 0) is 17.4 Å². The third-order valence-corrected chi connectivity index (χ3v) is 5.34. The second-order valence-electron chi connectivity index (χ2n) is 6.92. The molecular formula is C20H18ClF3N2O2. The number of nitrogens with zero attached hydrogens (tertiary/aromatic N) is 2. The molecule has 2 aromatic rings. The van der Waals surface area contributed by atoms with Gasteiger partial charge in [-0.15, -0.1) is 0 Å². The normalized spacial score (nSPS) is 19.4. The van der Waals surface area contributed by atoms with Crippen molar-refractivity contribution >= 4 is 23.2 Å².